The fraction of sp³-hybridized carbons (Fsp3) is 0. The Morgan fingerprint density at radius 2 is 1.35 bits per heavy atom. The minimum absolute atomic E-state index is 0.613. The summed E-state index contributed by atoms with van der Waals surface area (Å²) in [6, 6.07) is 29.8. The van der Waals surface area contributed by atoms with Crippen molar-refractivity contribution in [2.24, 2.45) is 0 Å². The van der Waals surface area contributed by atoms with Gasteiger partial charge < -0.3 is 15.4 Å². The molecule has 0 aliphatic carbocycles. The third-order valence-electron chi connectivity index (χ3n) is 5.14. The molecular formula is C27H20N6S. The van der Waals surface area contributed by atoms with Gasteiger partial charge >= 0.3 is 0 Å². The third kappa shape index (κ3) is 5.09. The number of hydrogen-bond acceptors (Lipinski definition) is 7. The van der Waals surface area contributed by atoms with E-state index in [0.29, 0.717) is 5.56 Å². The highest BCUT2D eigenvalue weighted by Crippen LogP contribution is 2.28. The minimum atomic E-state index is 0.613. The molecule has 0 saturated carbocycles. The van der Waals surface area contributed by atoms with Crippen molar-refractivity contribution >= 4 is 51.3 Å². The quantitative estimate of drug-likeness (QED) is 0.223. The van der Waals surface area contributed by atoms with E-state index in [-0.39, 0.29) is 0 Å². The Labute approximate surface area is 201 Å². The Balaban J connectivity index is 1.21. The van der Waals surface area contributed by atoms with Gasteiger partial charge in [-0.25, -0.2) is 0 Å². The van der Waals surface area contributed by atoms with Crippen LogP contribution in [0.2, 0.25) is 0 Å². The van der Waals surface area contributed by atoms with Crippen molar-refractivity contribution in [3.63, 3.8) is 0 Å². The fourth-order valence-electron chi connectivity index (χ4n) is 3.43. The molecule has 0 bridgehead atoms. The van der Waals surface area contributed by atoms with E-state index in [1.54, 1.807) is 36.6 Å². The fourth-order valence-corrected chi connectivity index (χ4v) is 4.07. The highest BCUT2D eigenvalue weighted by Gasteiger charge is 2.05. The second-order valence-corrected chi connectivity index (χ2v) is 8.37. The Bertz CT molecular complexity index is 1450. The van der Waals surface area contributed by atoms with E-state index in [0.717, 1.165) is 44.2 Å². The molecule has 7 heteroatoms. The van der Waals surface area contributed by atoms with E-state index in [4.69, 9.17) is 0 Å². The smallest absolute Gasteiger partial charge is 0.0991 e. The number of anilines is 5. The molecule has 3 N–H and O–H groups in total. The standard InChI is InChI=1S/C27H20N6S/c28-18-19-1-10-26-25(17-19)27(13-16-30-26)32-21-6-8-24(9-7-21)34-33-23-4-2-20(3-5-23)31-22-11-14-29-15-12-22/h1-17,33H,(H,29,31)(H,30,32). The summed E-state index contributed by atoms with van der Waals surface area (Å²) in [6.07, 6.45) is 5.29. The van der Waals surface area contributed by atoms with Gasteiger partial charge in [0.05, 0.1) is 17.1 Å². The van der Waals surface area contributed by atoms with Crippen LogP contribution < -0.4 is 15.4 Å². The number of nitrogens with one attached hydrogen (secondary N) is 3. The number of rotatable bonds is 7. The van der Waals surface area contributed by atoms with Crippen molar-refractivity contribution in [3.8, 4) is 6.07 Å². The van der Waals surface area contributed by atoms with Crippen LogP contribution in [0.25, 0.3) is 10.9 Å². The van der Waals surface area contributed by atoms with E-state index in [1.807, 2.05) is 66.7 Å². The number of hydrogen-bond donors (Lipinski definition) is 3. The van der Waals surface area contributed by atoms with Gasteiger partial charge in [0.1, 0.15) is 0 Å². The van der Waals surface area contributed by atoms with Gasteiger partial charge in [0.15, 0.2) is 0 Å². The zero-order valence-corrected chi connectivity index (χ0v) is 18.9. The maximum absolute atomic E-state index is 9.21. The van der Waals surface area contributed by atoms with Crippen LogP contribution in [0, 0.1) is 11.3 Å². The van der Waals surface area contributed by atoms with Crippen molar-refractivity contribution < 1.29 is 0 Å². The summed E-state index contributed by atoms with van der Waals surface area (Å²) in [7, 11) is 0. The monoisotopic (exact) mass is 460 g/mol. The molecule has 5 rings (SSSR count). The van der Waals surface area contributed by atoms with E-state index in [1.165, 1.54) is 0 Å². The van der Waals surface area contributed by atoms with Crippen molar-refractivity contribution in [3.05, 3.63) is 109 Å². The van der Waals surface area contributed by atoms with Gasteiger partial charge in [-0.2, -0.15) is 5.26 Å². The highest BCUT2D eigenvalue weighted by molar-refractivity contribution is 8.00. The van der Waals surface area contributed by atoms with Crippen LogP contribution in [0.5, 0.6) is 0 Å². The van der Waals surface area contributed by atoms with Gasteiger partial charge in [-0.05, 0) is 96.9 Å². The summed E-state index contributed by atoms with van der Waals surface area (Å²) in [5.41, 5.74) is 6.38. The van der Waals surface area contributed by atoms with Gasteiger partial charge in [0, 0.05) is 57.3 Å². The van der Waals surface area contributed by atoms with Crippen molar-refractivity contribution in [2.45, 2.75) is 4.90 Å². The summed E-state index contributed by atoms with van der Waals surface area (Å²) >= 11 is 1.55. The molecule has 0 aliphatic heterocycles. The van der Waals surface area contributed by atoms with Crippen LogP contribution in [0.4, 0.5) is 28.4 Å². The highest BCUT2D eigenvalue weighted by atomic mass is 32.2. The molecule has 0 saturated heterocycles. The lowest BCUT2D eigenvalue weighted by molar-refractivity contribution is 1.32. The minimum Gasteiger partial charge on any atom is -0.355 e. The molecule has 0 spiro atoms. The largest absolute Gasteiger partial charge is 0.355 e. The molecule has 2 heterocycles. The SMILES string of the molecule is N#Cc1ccc2nccc(Nc3ccc(SNc4ccc(Nc5ccncc5)cc4)cc3)c2c1. The molecule has 164 valence electrons. The van der Waals surface area contributed by atoms with E-state index in [9.17, 15) is 5.26 Å². The topological polar surface area (TPSA) is 85.7 Å². The van der Waals surface area contributed by atoms with Crippen molar-refractivity contribution in [1.29, 1.82) is 5.26 Å². The maximum Gasteiger partial charge on any atom is 0.0991 e. The van der Waals surface area contributed by atoms with Crippen molar-refractivity contribution in [2.75, 3.05) is 15.4 Å². The van der Waals surface area contributed by atoms with E-state index < -0.39 is 0 Å². The summed E-state index contributed by atoms with van der Waals surface area (Å²) in [5, 5.41) is 16.9. The second-order valence-electron chi connectivity index (χ2n) is 7.49. The first-order valence-electron chi connectivity index (χ1n) is 10.6. The molecule has 2 aromatic heterocycles. The molecule has 0 amide bonds. The summed E-state index contributed by atoms with van der Waals surface area (Å²) in [6.45, 7) is 0. The lowest BCUT2D eigenvalue weighted by Gasteiger charge is -2.11. The molecule has 6 nitrogen and oxygen atoms in total. The molecule has 0 aliphatic rings. The van der Waals surface area contributed by atoms with Gasteiger partial charge in [0.2, 0.25) is 0 Å². The number of benzene rings is 3. The number of nitriles is 1. The Morgan fingerprint density at radius 1 is 0.676 bits per heavy atom. The molecule has 0 radical (unpaired) electrons. The number of aromatic nitrogens is 2. The average molecular weight is 461 g/mol. The first-order chi connectivity index (χ1) is 16.8. The number of nitrogens with zero attached hydrogens (tertiary/aromatic N) is 3. The molecule has 0 atom stereocenters. The third-order valence-corrected chi connectivity index (χ3v) is 5.99. The van der Waals surface area contributed by atoms with Gasteiger partial charge in [0.25, 0.3) is 0 Å². The van der Waals surface area contributed by atoms with E-state index in [2.05, 4.69) is 43.5 Å². The lowest BCUT2D eigenvalue weighted by Crippen LogP contribution is -1.93. The zero-order valence-electron chi connectivity index (χ0n) is 18.1. The Morgan fingerprint density at radius 3 is 2.12 bits per heavy atom. The van der Waals surface area contributed by atoms with Gasteiger partial charge in [-0.1, -0.05) is 0 Å². The Hall–Kier alpha value is -4.54. The van der Waals surface area contributed by atoms with Crippen LogP contribution in [0.15, 0.2) is 108 Å². The average Bonchev–Trinajstić information content (AvgIpc) is 2.90. The second kappa shape index (κ2) is 9.94. The lowest BCUT2D eigenvalue weighted by atomic mass is 10.1. The molecular weight excluding hydrogens is 440 g/mol. The molecule has 3 aromatic carbocycles. The number of pyridine rings is 2. The maximum atomic E-state index is 9.21. The van der Waals surface area contributed by atoms with Crippen molar-refractivity contribution in [1.82, 2.24) is 9.97 Å². The number of fused-ring (bicyclic) bond motifs is 1. The summed E-state index contributed by atoms with van der Waals surface area (Å²) in [4.78, 5) is 9.51. The predicted octanol–water partition coefficient (Wildman–Crippen LogP) is 7.11. The summed E-state index contributed by atoms with van der Waals surface area (Å²) < 4.78 is 3.38. The van der Waals surface area contributed by atoms with Gasteiger partial charge in [-0.15, -0.1) is 0 Å². The van der Waals surface area contributed by atoms with Crippen LogP contribution >= 0.6 is 11.9 Å². The molecule has 34 heavy (non-hydrogen) atoms. The van der Waals surface area contributed by atoms with Crippen LogP contribution in [-0.4, -0.2) is 9.97 Å². The molecule has 0 unspecified atom stereocenters. The molecule has 0 fully saturated rings. The zero-order chi connectivity index (χ0) is 23.2. The van der Waals surface area contributed by atoms with Crippen LogP contribution in [0.1, 0.15) is 5.56 Å². The Kier molecular flexibility index (Phi) is 6.23. The van der Waals surface area contributed by atoms with Crippen LogP contribution in [0.3, 0.4) is 0 Å². The predicted molar refractivity (Wildman–Crippen MR) is 140 cm³/mol. The first-order valence-corrected chi connectivity index (χ1v) is 11.4. The molecule has 5 aromatic rings. The normalized spacial score (nSPS) is 10.4. The van der Waals surface area contributed by atoms with Gasteiger partial charge in [-0.3, -0.25) is 9.97 Å². The summed E-state index contributed by atoms with van der Waals surface area (Å²) in [5.74, 6) is 0. The van der Waals surface area contributed by atoms with E-state index >= 15 is 0 Å². The van der Waals surface area contributed by atoms with Crippen LogP contribution in [-0.2, 0) is 0 Å². The first kappa shape index (κ1) is 21.3.